The van der Waals surface area contributed by atoms with Crippen molar-refractivity contribution in [3.63, 3.8) is 0 Å². The second-order valence-corrected chi connectivity index (χ2v) is 21.3. The summed E-state index contributed by atoms with van der Waals surface area (Å²) in [5, 5.41) is 4.79. The van der Waals surface area contributed by atoms with Crippen LogP contribution < -0.4 is 14.4 Å². The van der Waals surface area contributed by atoms with Gasteiger partial charge in [-0.1, -0.05) is 243 Å². The molecule has 0 radical (unpaired) electrons. The average Bonchev–Trinajstić information content (AvgIpc) is 2.71. The van der Waals surface area contributed by atoms with E-state index in [0.717, 1.165) is 78.8 Å². The van der Waals surface area contributed by atoms with E-state index in [1.807, 2.05) is 0 Å². The summed E-state index contributed by atoms with van der Waals surface area (Å²) >= 11 is 0. The van der Waals surface area contributed by atoms with E-state index in [0.29, 0.717) is 0 Å². The highest BCUT2D eigenvalue weighted by molar-refractivity contribution is 6.17. The maximum atomic E-state index is 6.96. The van der Waals surface area contributed by atoms with Crippen LogP contribution >= 0.6 is 0 Å². The number of para-hydroxylation sites is 5. The number of nitrogens with zero attached hydrogens (tertiary/aromatic N) is 1. The van der Waals surface area contributed by atoms with Crippen molar-refractivity contribution >= 4 is 38.6 Å². The number of anilines is 3. The van der Waals surface area contributed by atoms with Gasteiger partial charge in [0, 0.05) is 38.8 Å². The highest BCUT2D eigenvalue weighted by atomic mass is 16.5. The quantitative estimate of drug-likeness (QED) is 0.171. The van der Waals surface area contributed by atoms with Crippen LogP contribution in [0.15, 0.2) is 285 Å². The maximum Gasteiger partial charge on any atom is 0.132 e. The van der Waals surface area contributed by atoms with Crippen LogP contribution in [0, 0.1) is 0 Å². The number of rotatable bonds is 5. The lowest BCUT2D eigenvalue weighted by Crippen LogP contribution is -2.32. The molecule has 3 heteroatoms. The number of hydrogen-bond acceptors (Lipinski definition) is 3. The predicted octanol–water partition coefficient (Wildman–Crippen LogP) is 19.7. The average molecular weight is 1010 g/mol. The zero-order valence-electron chi connectivity index (χ0n) is 42.9. The summed E-state index contributed by atoms with van der Waals surface area (Å²) < 4.78 is 13.8. The Kier molecular flexibility index (Phi) is 9.26. The van der Waals surface area contributed by atoms with E-state index < -0.39 is 10.8 Å². The van der Waals surface area contributed by atoms with Gasteiger partial charge in [0.15, 0.2) is 0 Å². The Labute approximate surface area is 458 Å². The fourth-order valence-electron chi connectivity index (χ4n) is 14.5. The summed E-state index contributed by atoms with van der Waals surface area (Å²) in [6.07, 6.45) is 0. The summed E-state index contributed by atoms with van der Waals surface area (Å²) in [6.45, 7) is 0. The van der Waals surface area contributed by atoms with E-state index in [9.17, 15) is 0 Å². The molecule has 0 bridgehead atoms. The molecule has 2 aliphatic heterocycles. The molecule has 17 rings (SSSR count). The van der Waals surface area contributed by atoms with Crippen LogP contribution in [0.3, 0.4) is 0 Å². The molecule has 2 aliphatic carbocycles. The van der Waals surface area contributed by atoms with Gasteiger partial charge < -0.3 is 14.4 Å². The summed E-state index contributed by atoms with van der Waals surface area (Å²) in [4.78, 5) is 2.61. The Morgan fingerprint density at radius 3 is 1.34 bits per heavy atom. The molecular weight excluding hydrogens is 959 g/mol. The van der Waals surface area contributed by atoms with E-state index in [4.69, 9.17) is 9.47 Å². The van der Waals surface area contributed by atoms with Crippen molar-refractivity contribution in [3.05, 3.63) is 330 Å². The molecule has 0 saturated carbocycles. The third-order valence-corrected chi connectivity index (χ3v) is 17.6. The van der Waals surface area contributed by atoms with Gasteiger partial charge >= 0.3 is 0 Å². The molecular formula is C76H47NO2. The van der Waals surface area contributed by atoms with Gasteiger partial charge in [-0.2, -0.15) is 0 Å². The minimum atomic E-state index is -0.748. The third-order valence-electron chi connectivity index (χ3n) is 17.6. The number of benzene rings is 13. The van der Waals surface area contributed by atoms with Crippen LogP contribution in [-0.2, 0) is 10.8 Å². The smallest absolute Gasteiger partial charge is 0.132 e. The van der Waals surface area contributed by atoms with E-state index >= 15 is 0 Å². The van der Waals surface area contributed by atoms with Crippen molar-refractivity contribution in [1.82, 2.24) is 0 Å². The first kappa shape index (κ1) is 44.0. The number of hydrogen-bond donors (Lipinski definition) is 0. The summed E-state index contributed by atoms with van der Waals surface area (Å²) in [7, 11) is 0. The Hall–Kier alpha value is -10.2. The maximum absolute atomic E-state index is 6.96. The molecule has 4 aliphatic rings. The normalized spacial score (nSPS) is 14.0. The van der Waals surface area contributed by atoms with Gasteiger partial charge in [-0.25, -0.2) is 0 Å². The van der Waals surface area contributed by atoms with E-state index in [2.05, 4.69) is 290 Å². The fourth-order valence-corrected chi connectivity index (χ4v) is 14.5. The molecule has 0 atom stereocenters. The van der Waals surface area contributed by atoms with E-state index in [-0.39, 0.29) is 0 Å². The second kappa shape index (κ2) is 16.6. The molecule has 368 valence electrons. The van der Waals surface area contributed by atoms with E-state index in [1.165, 1.54) is 71.8 Å². The largest absolute Gasteiger partial charge is 0.457 e. The lowest BCUT2D eigenvalue weighted by atomic mass is 9.65. The molecule has 3 nitrogen and oxygen atoms in total. The summed E-state index contributed by atoms with van der Waals surface area (Å²) in [5.74, 6) is 3.47. The number of ether oxygens (including phenoxy) is 2. The molecule has 0 amide bonds. The topological polar surface area (TPSA) is 21.7 Å². The van der Waals surface area contributed by atoms with E-state index in [1.54, 1.807) is 0 Å². The van der Waals surface area contributed by atoms with Crippen molar-refractivity contribution < 1.29 is 9.47 Å². The molecule has 0 fully saturated rings. The number of fused-ring (bicyclic) bond motifs is 22. The first-order chi connectivity index (χ1) is 39.2. The predicted molar refractivity (Wildman–Crippen MR) is 322 cm³/mol. The van der Waals surface area contributed by atoms with Gasteiger partial charge in [-0.05, 0) is 114 Å². The van der Waals surface area contributed by atoms with Crippen LogP contribution in [0.1, 0.15) is 44.5 Å². The first-order valence-electron chi connectivity index (χ1n) is 27.3. The zero-order chi connectivity index (χ0) is 51.8. The van der Waals surface area contributed by atoms with Crippen molar-refractivity contribution in [2.75, 3.05) is 4.90 Å². The van der Waals surface area contributed by atoms with Crippen molar-refractivity contribution in [2.45, 2.75) is 10.8 Å². The van der Waals surface area contributed by atoms with Gasteiger partial charge in [-0.15, -0.1) is 0 Å². The molecule has 13 aromatic rings. The molecule has 13 aromatic carbocycles. The highest BCUT2D eigenvalue weighted by Gasteiger charge is 2.54. The van der Waals surface area contributed by atoms with Crippen LogP contribution in [0.25, 0.3) is 66.1 Å². The van der Waals surface area contributed by atoms with Gasteiger partial charge in [0.1, 0.15) is 23.0 Å². The summed E-state index contributed by atoms with van der Waals surface area (Å²) in [6, 6.07) is 105. The Bertz CT molecular complexity index is 4600. The zero-order valence-corrected chi connectivity index (χ0v) is 42.9. The Morgan fingerprint density at radius 2 is 0.684 bits per heavy atom. The fraction of sp³-hybridized carbons (Fsp3) is 0.0263. The molecule has 0 unspecified atom stereocenters. The van der Waals surface area contributed by atoms with Crippen LogP contribution in [-0.4, -0.2) is 0 Å². The minimum absolute atomic E-state index is 0.673. The molecule has 2 spiro atoms. The van der Waals surface area contributed by atoms with Crippen molar-refractivity contribution in [1.29, 1.82) is 0 Å². The van der Waals surface area contributed by atoms with Crippen LogP contribution in [0.4, 0.5) is 17.1 Å². The van der Waals surface area contributed by atoms with Crippen molar-refractivity contribution in [2.24, 2.45) is 0 Å². The second-order valence-electron chi connectivity index (χ2n) is 21.3. The molecule has 0 saturated heterocycles. The lowest BCUT2D eigenvalue weighted by Gasteiger charge is -2.40. The molecule has 79 heavy (non-hydrogen) atoms. The van der Waals surface area contributed by atoms with Gasteiger partial charge in [-0.3, -0.25) is 0 Å². The third kappa shape index (κ3) is 5.91. The molecule has 0 aromatic heterocycles. The Morgan fingerprint density at radius 1 is 0.241 bits per heavy atom. The monoisotopic (exact) mass is 1010 g/mol. The first-order valence-corrected chi connectivity index (χ1v) is 27.3. The lowest BCUT2D eigenvalue weighted by molar-refractivity contribution is 0.436. The molecule has 0 N–H and O–H groups in total. The Balaban J connectivity index is 1.02. The van der Waals surface area contributed by atoms with Gasteiger partial charge in [0.05, 0.1) is 27.9 Å². The minimum Gasteiger partial charge on any atom is -0.457 e. The molecule has 2 heterocycles. The van der Waals surface area contributed by atoms with Crippen molar-refractivity contribution in [3.8, 4) is 67.5 Å². The standard InChI is InChI=1S/C76H47NO2/c1-2-21-48(22-3-1)49-41-43-51(44-42-49)52-24-9-15-35-65(52)77(66-36-20-34-62-72(66)56-28-8-10-29-57(56)75(62)58-30-11-16-37-68(58)78-69-38-17-12-31-59(69)75)67-47-64-74(55-27-7-6-26-54(55)67)73-53-25-5-4-23-50(53)45-46-63(73)76(64)60-32-13-18-39-70(60)79-71-40-19-14-33-61(71)76/h1-47H. The highest BCUT2D eigenvalue weighted by Crippen LogP contribution is 2.68. The van der Waals surface area contributed by atoms with Crippen LogP contribution in [0.5, 0.6) is 23.0 Å². The summed E-state index contributed by atoms with van der Waals surface area (Å²) in [5.41, 5.74) is 20.8. The van der Waals surface area contributed by atoms with Gasteiger partial charge in [0.2, 0.25) is 0 Å². The van der Waals surface area contributed by atoms with Gasteiger partial charge in [0.25, 0.3) is 0 Å². The van der Waals surface area contributed by atoms with Crippen LogP contribution in [0.2, 0.25) is 0 Å². The SMILES string of the molecule is c1ccc(-c2ccc(-c3ccccc3N(c3cccc4c3-c3ccccc3C43c4ccccc4Oc4ccccc43)c3cc4c(c5ccccc35)-c3c(ccc5ccccc35)C43c4ccccc4Oc4ccccc43)cc2)cc1.